The Morgan fingerprint density at radius 2 is 1.79 bits per heavy atom. The van der Waals surface area contributed by atoms with Crippen molar-refractivity contribution in [2.75, 3.05) is 5.32 Å². The summed E-state index contributed by atoms with van der Waals surface area (Å²) < 4.78 is 23.8. The zero-order valence-electron chi connectivity index (χ0n) is 10.8. The average molecular weight is 324 g/mol. The molecule has 0 aliphatic carbocycles. The van der Waals surface area contributed by atoms with E-state index < -0.39 is 26.2 Å². The lowest BCUT2D eigenvalue weighted by atomic mass is 10.3. The molecule has 0 heterocycles. The van der Waals surface area contributed by atoms with Crippen LogP contribution in [0.1, 0.15) is 20.8 Å². The molecule has 7 heteroatoms. The standard InChI is InChI=1S/C12H15Cl2NO3S/c1-7(2)19(17,18)8(3)12(16)15-11-5-4-9(13)6-10(11)14/h4-8H,1-3H3,(H,15,16). The number of nitrogens with one attached hydrogen (secondary N) is 1. The topological polar surface area (TPSA) is 63.2 Å². The molecular weight excluding hydrogens is 309 g/mol. The fourth-order valence-corrected chi connectivity index (χ4v) is 3.01. The van der Waals surface area contributed by atoms with Crippen LogP contribution in [0.15, 0.2) is 18.2 Å². The van der Waals surface area contributed by atoms with Crippen LogP contribution in [-0.2, 0) is 14.6 Å². The predicted molar refractivity (Wildman–Crippen MR) is 78.6 cm³/mol. The van der Waals surface area contributed by atoms with Crippen molar-refractivity contribution in [3.05, 3.63) is 28.2 Å². The van der Waals surface area contributed by atoms with E-state index in [2.05, 4.69) is 5.32 Å². The molecule has 1 aromatic carbocycles. The molecule has 0 saturated heterocycles. The van der Waals surface area contributed by atoms with Gasteiger partial charge in [-0.15, -0.1) is 0 Å². The second-order valence-electron chi connectivity index (χ2n) is 4.39. The first kappa shape index (κ1) is 16.3. The van der Waals surface area contributed by atoms with E-state index in [1.807, 2.05) is 0 Å². The number of benzene rings is 1. The van der Waals surface area contributed by atoms with Crippen LogP contribution in [0.3, 0.4) is 0 Å². The number of amides is 1. The molecule has 1 amide bonds. The lowest BCUT2D eigenvalue weighted by molar-refractivity contribution is -0.115. The van der Waals surface area contributed by atoms with Crippen molar-refractivity contribution in [2.45, 2.75) is 31.3 Å². The Morgan fingerprint density at radius 3 is 2.26 bits per heavy atom. The zero-order valence-corrected chi connectivity index (χ0v) is 13.1. The minimum absolute atomic E-state index is 0.259. The van der Waals surface area contributed by atoms with E-state index in [0.717, 1.165) is 0 Å². The summed E-state index contributed by atoms with van der Waals surface area (Å²) in [5.41, 5.74) is 0.335. The summed E-state index contributed by atoms with van der Waals surface area (Å²) in [7, 11) is -3.50. The van der Waals surface area contributed by atoms with Gasteiger partial charge in [0.15, 0.2) is 9.84 Å². The highest BCUT2D eigenvalue weighted by molar-refractivity contribution is 7.93. The third kappa shape index (κ3) is 3.84. The van der Waals surface area contributed by atoms with Gasteiger partial charge in [0.1, 0.15) is 5.25 Å². The van der Waals surface area contributed by atoms with Gasteiger partial charge in [-0.2, -0.15) is 0 Å². The van der Waals surface area contributed by atoms with Crippen molar-refractivity contribution in [1.29, 1.82) is 0 Å². The molecule has 0 saturated carbocycles. The number of halogens is 2. The summed E-state index contributed by atoms with van der Waals surface area (Å²) in [5.74, 6) is -0.613. The second-order valence-corrected chi connectivity index (χ2v) is 8.07. The van der Waals surface area contributed by atoms with Crippen LogP contribution >= 0.6 is 23.2 Å². The molecule has 1 unspecified atom stereocenters. The molecule has 0 aliphatic rings. The molecule has 0 bridgehead atoms. The Kier molecular flexibility index (Phi) is 5.24. The molecule has 19 heavy (non-hydrogen) atoms. The number of hydrogen-bond donors (Lipinski definition) is 1. The minimum atomic E-state index is -3.50. The van der Waals surface area contributed by atoms with Gasteiger partial charge in [-0.05, 0) is 39.0 Å². The molecule has 1 N–H and O–H groups in total. The molecule has 1 aromatic rings. The first-order valence-corrected chi connectivity index (χ1v) is 8.01. The SMILES string of the molecule is CC(C)S(=O)(=O)C(C)C(=O)Nc1ccc(Cl)cc1Cl. The van der Waals surface area contributed by atoms with Crippen LogP contribution < -0.4 is 5.32 Å². The lowest BCUT2D eigenvalue weighted by Gasteiger charge is -2.16. The fourth-order valence-electron chi connectivity index (χ4n) is 1.38. The van der Waals surface area contributed by atoms with Gasteiger partial charge in [-0.25, -0.2) is 8.42 Å². The predicted octanol–water partition coefficient (Wildman–Crippen LogP) is 3.14. The maximum absolute atomic E-state index is 11.9. The molecule has 0 fully saturated rings. The van der Waals surface area contributed by atoms with Crippen LogP contribution in [0.5, 0.6) is 0 Å². The Bertz CT molecular complexity index is 585. The lowest BCUT2D eigenvalue weighted by Crippen LogP contribution is -2.36. The zero-order chi connectivity index (χ0) is 14.8. The smallest absolute Gasteiger partial charge is 0.242 e. The van der Waals surface area contributed by atoms with E-state index in [0.29, 0.717) is 10.7 Å². The van der Waals surface area contributed by atoms with Gasteiger partial charge >= 0.3 is 0 Å². The summed E-state index contributed by atoms with van der Waals surface area (Å²) in [6, 6.07) is 4.56. The van der Waals surface area contributed by atoms with Crippen LogP contribution in [0.25, 0.3) is 0 Å². The third-order valence-corrected chi connectivity index (χ3v) is 5.77. The van der Waals surface area contributed by atoms with Gasteiger partial charge < -0.3 is 5.32 Å². The maximum Gasteiger partial charge on any atom is 0.242 e. The molecule has 4 nitrogen and oxygen atoms in total. The first-order valence-electron chi connectivity index (χ1n) is 5.65. The monoisotopic (exact) mass is 323 g/mol. The first-order chi connectivity index (χ1) is 8.66. The number of sulfone groups is 1. The Labute approximate surface area is 123 Å². The average Bonchev–Trinajstić information content (AvgIpc) is 2.31. The molecule has 0 aliphatic heterocycles. The summed E-state index contributed by atoms with van der Waals surface area (Å²) in [5, 5.41) is 1.43. The number of carbonyl (C=O) groups excluding carboxylic acids is 1. The van der Waals surface area contributed by atoms with Crippen LogP contribution in [0, 0.1) is 0 Å². The van der Waals surface area contributed by atoms with E-state index in [1.54, 1.807) is 6.07 Å². The Morgan fingerprint density at radius 1 is 1.21 bits per heavy atom. The highest BCUT2D eigenvalue weighted by Gasteiger charge is 2.30. The van der Waals surface area contributed by atoms with E-state index in [-0.39, 0.29) is 5.02 Å². The minimum Gasteiger partial charge on any atom is -0.324 e. The van der Waals surface area contributed by atoms with Crippen molar-refractivity contribution in [3.8, 4) is 0 Å². The van der Waals surface area contributed by atoms with Crippen LogP contribution in [0.4, 0.5) is 5.69 Å². The number of rotatable bonds is 4. The fraction of sp³-hybridized carbons (Fsp3) is 0.417. The van der Waals surface area contributed by atoms with Crippen molar-refractivity contribution in [2.24, 2.45) is 0 Å². The Balaban J connectivity index is 2.92. The molecule has 0 spiro atoms. The summed E-state index contributed by atoms with van der Waals surface area (Å²) in [6.45, 7) is 4.43. The molecule has 0 radical (unpaired) electrons. The highest BCUT2D eigenvalue weighted by atomic mass is 35.5. The highest BCUT2D eigenvalue weighted by Crippen LogP contribution is 2.26. The van der Waals surface area contributed by atoms with Crippen molar-refractivity contribution in [1.82, 2.24) is 0 Å². The molecule has 0 aromatic heterocycles. The van der Waals surface area contributed by atoms with E-state index in [9.17, 15) is 13.2 Å². The van der Waals surface area contributed by atoms with E-state index in [4.69, 9.17) is 23.2 Å². The molecular formula is C12H15Cl2NO3S. The second kappa shape index (κ2) is 6.11. The van der Waals surface area contributed by atoms with Crippen LogP contribution in [0.2, 0.25) is 10.0 Å². The largest absolute Gasteiger partial charge is 0.324 e. The molecule has 106 valence electrons. The maximum atomic E-state index is 11.9. The van der Waals surface area contributed by atoms with Gasteiger partial charge in [-0.1, -0.05) is 23.2 Å². The molecule has 1 rings (SSSR count). The van der Waals surface area contributed by atoms with Gasteiger partial charge in [0.05, 0.1) is 16.0 Å². The van der Waals surface area contributed by atoms with E-state index >= 15 is 0 Å². The number of anilines is 1. The number of hydrogen-bond acceptors (Lipinski definition) is 3. The summed E-state index contributed by atoms with van der Waals surface area (Å²) >= 11 is 11.6. The normalized spacial score (nSPS) is 13.4. The van der Waals surface area contributed by atoms with Crippen molar-refractivity contribution in [3.63, 3.8) is 0 Å². The van der Waals surface area contributed by atoms with Crippen molar-refractivity contribution < 1.29 is 13.2 Å². The Hall–Kier alpha value is -0.780. The van der Waals surface area contributed by atoms with Crippen molar-refractivity contribution >= 4 is 44.6 Å². The van der Waals surface area contributed by atoms with Gasteiger partial charge in [0.25, 0.3) is 0 Å². The molecule has 1 atom stereocenters. The number of carbonyl (C=O) groups is 1. The van der Waals surface area contributed by atoms with E-state index in [1.165, 1.54) is 32.9 Å². The summed E-state index contributed by atoms with van der Waals surface area (Å²) in [6.07, 6.45) is 0. The summed E-state index contributed by atoms with van der Waals surface area (Å²) in [4.78, 5) is 11.9. The van der Waals surface area contributed by atoms with Gasteiger partial charge in [0.2, 0.25) is 5.91 Å². The van der Waals surface area contributed by atoms with Gasteiger partial charge in [-0.3, -0.25) is 4.79 Å². The third-order valence-electron chi connectivity index (χ3n) is 2.71. The quantitative estimate of drug-likeness (QED) is 0.925. The van der Waals surface area contributed by atoms with Gasteiger partial charge in [0, 0.05) is 5.02 Å². The van der Waals surface area contributed by atoms with Crippen LogP contribution in [-0.4, -0.2) is 24.8 Å².